The first kappa shape index (κ1) is 12.8. The number of hydrogen-bond donors (Lipinski definition) is 1. The second-order valence-electron chi connectivity index (χ2n) is 6.13. The predicted molar refractivity (Wildman–Crippen MR) is 82.7 cm³/mol. The quantitative estimate of drug-likeness (QED) is 0.770. The molecule has 19 heavy (non-hydrogen) atoms. The number of piperazine rings is 1. The van der Waals surface area contributed by atoms with Crippen LogP contribution in [0.3, 0.4) is 0 Å². The zero-order valence-electron chi connectivity index (χ0n) is 12.8. The second-order valence-corrected chi connectivity index (χ2v) is 6.13. The van der Waals surface area contributed by atoms with E-state index in [0.717, 1.165) is 26.2 Å². The Balaban J connectivity index is 2.24. The third-order valence-electron chi connectivity index (χ3n) is 5.13. The maximum Gasteiger partial charge on any atom is 0.0643 e. The predicted octanol–water partition coefficient (Wildman–Crippen LogP) is 2.15. The molecule has 2 aliphatic heterocycles. The molecule has 0 radical (unpaired) electrons. The Labute approximate surface area is 116 Å². The fourth-order valence-corrected chi connectivity index (χ4v) is 3.72. The molecular weight excluding hydrogens is 234 g/mol. The molecule has 1 atom stereocenters. The summed E-state index contributed by atoms with van der Waals surface area (Å²) in [6.45, 7) is 13.6. The molecule has 3 rings (SSSR count). The smallest absolute Gasteiger partial charge is 0.0643 e. The van der Waals surface area contributed by atoms with E-state index in [1.807, 2.05) is 0 Å². The third-order valence-corrected chi connectivity index (χ3v) is 5.13. The van der Waals surface area contributed by atoms with Gasteiger partial charge >= 0.3 is 0 Å². The largest absolute Gasteiger partial charge is 0.371 e. The first-order chi connectivity index (χ1) is 9.02. The molecule has 0 aromatic heterocycles. The summed E-state index contributed by atoms with van der Waals surface area (Å²) in [5, 5.41) is 3.53. The van der Waals surface area contributed by atoms with Crippen LogP contribution in [0, 0.1) is 27.7 Å². The van der Waals surface area contributed by atoms with Crippen LogP contribution in [0.1, 0.15) is 22.3 Å². The van der Waals surface area contributed by atoms with E-state index in [9.17, 15) is 0 Å². The van der Waals surface area contributed by atoms with Gasteiger partial charge in [0.1, 0.15) is 0 Å². The minimum atomic E-state index is 0.617. The van der Waals surface area contributed by atoms with E-state index in [-0.39, 0.29) is 0 Å². The molecule has 1 N–H and O–H groups in total. The number of nitrogens with one attached hydrogen (secondary N) is 1. The average molecular weight is 259 g/mol. The van der Waals surface area contributed by atoms with Gasteiger partial charge in [-0.1, -0.05) is 0 Å². The van der Waals surface area contributed by atoms with Gasteiger partial charge in [0.05, 0.1) is 17.4 Å². The molecule has 0 aliphatic carbocycles. The standard InChI is InChI=1S/C16H25N3/c1-10-11(2)13(4)16-15(12(10)3)18(5)9-14-8-17-6-7-19(14)16/h14,17H,6-9H2,1-5H3. The number of benzene rings is 1. The summed E-state index contributed by atoms with van der Waals surface area (Å²) in [5.74, 6) is 0. The molecule has 0 amide bonds. The third kappa shape index (κ3) is 1.75. The van der Waals surface area contributed by atoms with Crippen molar-refractivity contribution in [3.05, 3.63) is 22.3 Å². The minimum absolute atomic E-state index is 0.617. The first-order valence-corrected chi connectivity index (χ1v) is 7.31. The lowest BCUT2D eigenvalue weighted by Crippen LogP contribution is -2.58. The molecule has 2 aliphatic rings. The minimum Gasteiger partial charge on any atom is -0.371 e. The van der Waals surface area contributed by atoms with E-state index in [1.165, 1.54) is 33.6 Å². The lowest BCUT2D eigenvalue weighted by atomic mass is 9.91. The van der Waals surface area contributed by atoms with Gasteiger partial charge in [-0.25, -0.2) is 0 Å². The van der Waals surface area contributed by atoms with Gasteiger partial charge in [0.15, 0.2) is 0 Å². The highest BCUT2D eigenvalue weighted by Crippen LogP contribution is 2.43. The summed E-state index contributed by atoms with van der Waals surface area (Å²) >= 11 is 0. The molecular formula is C16H25N3. The van der Waals surface area contributed by atoms with Crippen LogP contribution in [0.4, 0.5) is 11.4 Å². The highest BCUT2D eigenvalue weighted by Gasteiger charge is 2.34. The topological polar surface area (TPSA) is 18.5 Å². The van der Waals surface area contributed by atoms with Crippen LogP contribution in [-0.4, -0.2) is 39.3 Å². The zero-order chi connectivity index (χ0) is 13.7. The molecule has 2 heterocycles. The van der Waals surface area contributed by atoms with Crippen LogP contribution >= 0.6 is 0 Å². The lowest BCUT2D eigenvalue weighted by molar-refractivity contribution is 0.464. The van der Waals surface area contributed by atoms with Gasteiger partial charge in [-0.05, 0) is 49.9 Å². The van der Waals surface area contributed by atoms with Gasteiger partial charge in [0, 0.05) is 33.2 Å². The molecule has 1 aromatic carbocycles. The van der Waals surface area contributed by atoms with Crippen LogP contribution in [0.25, 0.3) is 0 Å². The monoisotopic (exact) mass is 259 g/mol. The fourth-order valence-electron chi connectivity index (χ4n) is 3.72. The summed E-state index contributed by atoms with van der Waals surface area (Å²) < 4.78 is 0. The second kappa shape index (κ2) is 4.41. The summed E-state index contributed by atoms with van der Waals surface area (Å²) in [7, 11) is 2.24. The highest BCUT2D eigenvalue weighted by molar-refractivity contribution is 5.82. The molecule has 0 spiro atoms. The average Bonchev–Trinajstić information content (AvgIpc) is 2.41. The molecule has 3 nitrogen and oxygen atoms in total. The van der Waals surface area contributed by atoms with Crippen LogP contribution in [0.5, 0.6) is 0 Å². The molecule has 1 saturated heterocycles. The Kier molecular flexibility index (Phi) is 2.97. The van der Waals surface area contributed by atoms with Crippen molar-refractivity contribution in [3.63, 3.8) is 0 Å². The van der Waals surface area contributed by atoms with Crippen LogP contribution < -0.4 is 15.1 Å². The Morgan fingerprint density at radius 3 is 2.26 bits per heavy atom. The molecule has 0 bridgehead atoms. The van der Waals surface area contributed by atoms with Crippen LogP contribution in [0.15, 0.2) is 0 Å². The van der Waals surface area contributed by atoms with Gasteiger partial charge in [-0.2, -0.15) is 0 Å². The van der Waals surface area contributed by atoms with Crippen molar-refractivity contribution >= 4 is 11.4 Å². The van der Waals surface area contributed by atoms with E-state index in [2.05, 4.69) is 49.9 Å². The van der Waals surface area contributed by atoms with Gasteiger partial charge in [0.25, 0.3) is 0 Å². The molecule has 3 heteroatoms. The van der Waals surface area contributed by atoms with E-state index in [4.69, 9.17) is 0 Å². The number of likely N-dealkylation sites (N-methyl/N-ethyl adjacent to an activating group) is 1. The van der Waals surface area contributed by atoms with E-state index in [0.29, 0.717) is 6.04 Å². The van der Waals surface area contributed by atoms with Gasteiger partial charge in [-0.3, -0.25) is 0 Å². The van der Waals surface area contributed by atoms with Crippen molar-refractivity contribution in [1.82, 2.24) is 5.32 Å². The molecule has 0 saturated carbocycles. The van der Waals surface area contributed by atoms with E-state index < -0.39 is 0 Å². The Morgan fingerprint density at radius 1 is 0.947 bits per heavy atom. The number of rotatable bonds is 0. The number of anilines is 2. The summed E-state index contributed by atoms with van der Waals surface area (Å²) in [5.41, 5.74) is 8.79. The Bertz CT molecular complexity index is 521. The van der Waals surface area contributed by atoms with Crippen molar-refractivity contribution in [3.8, 4) is 0 Å². The SMILES string of the molecule is Cc1c(C)c(C)c2c(c1C)N(C)CC1CNCCN21. The van der Waals surface area contributed by atoms with Crippen molar-refractivity contribution in [2.45, 2.75) is 33.7 Å². The summed E-state index contributed by atoms with van der Waals surface area (Å²) in [6.07, 6.45) is 0. The van der Waals surface area contributed by atoms with Crippen molar-refractivity contribution in [2.75, 3.05) is 43.0 Å². The summed E-state index contributed by atoms with van der Waals surface area (Å²) in [6, 6.07) is 0.617. The lowest BCUT2D eigenvalue weighted by Gasteiger charge is -2.48. The van der Waals surface area contributed by atoms with Crippen molar-refractivity contribution < 1.29 is 0 Å². The molecule has 104 valence electrons. The van der Waals surface area contributed by atoms with Gasteiger partial charge in [-0.15, -0.1) is 0 Å². The zero-order valence-corrected chi connectivity index (χ0v) is 12.8. The van der Waals surface area contributed by atoms with E-state index in [1.54, 1.807) is 0 Å². The highest BCUT2D eigenvalue weighted by atomic mass is 15.3. The number of nitrogens with zero attached hydrogens (tertiary/aromatic N) is 2. The van der Waals surface area contributed by atoms with Crippen molar-refractivity contribution in [1.29, 1.82) is 0 Å². The van der Waals surface area contributed by atoms with Gasteiger partial charge < -0.3 is 15.1 Å². The molecule has 1 unspecified atom stereocenters. The maximum absolute atomic E-state index is 3.53. The Morgan fingerprint density at radius 2 is 1.58 bits per heavy atom. The van der Waals surface area contributed by atoms with Crippen molar-refractivity contribution in [2.24, 2.45) is 0 Å². The Hall–Kier alpha value is -1.22. The van der Waals surface area contributed by atoms with Gasteiger partial charge in [0.2, 0.25) is 0 Å². The number of fused-ring (bicyclic) bond motifs is 3. The van der Waals surface area contributed by atoms with E-state index >= 15 is 0 Å². The fraction of sp³-hybridized carbons (Fsp3) is 0.625. The number of hydrogen-bond acceptors (Lipinski definition) is 3. The normalized spacial score (nSPS) is 22.3. The van der Waals surface area contributed by atoms with Crippen LogP contribution in [-0.2, 0) is 0 Å². The maximum atomic E-state index is 3.53. The molecule has 1 fully saturated rings. The first-order valence-electron chi connectivity index (χ1n) is 7.31. The molecule has 1 aromatic rings. The van der Waals surface area contributed by atoms with Crippen LogP contribution in [0.2, 0.25) is 0 Å². The summed E-state index contributed by atoms with van der Waals surface area (Å²) in [4.78, 5) is 5.10.